The van der Waals surface area contributed by atoms with Crippen LogP contribution in [-0.2, 0) is 0 Å². The van der Waals surface area contributed by atoms with Crippen LogP contribution in [0.3, 0.4) is 0 Å². The second-order valence-corrected chi connectivity index (χ2v) is 3.84. The molecule has 1 unspecified atom stereocenters. The van der Waals surface area contributed by atoms with Crippen LogP contribution < -0.4 is 0 Å². The number of hydrogen-bond acceptors (Lipinski definition) is 1. The maximum Gasteiger partial charge on any atom is 0.0829 e. The fraction of sp³-hybridized carbons (Fsp3) is 0.636. The minimum absolute atomic E-state index is 0.220. The highest BCUT2D eigenvalue weighted by molar-refractivity contribution is 5.27. The van der Waals surface area contributed by atoms with E-state index in [1.807, 2.05) is 0 Å². The summed E-state index contributed by atoms with van der Waals surface area (Å²) in [7, 11) is 0. The lowest BCUT2D eigenvalue weighted by molar-refractivity contribution is 0.319. The van der Waals surface area contributed by atoms with Crippen molar-refractivity contribution in [1.29, 1.82) is 0 Å². The number of rotatable bonds is 2. The van der Waals surface area contributed by atoms with Crippen LogP contribution in [0.4, 0.5) is 0 Å². The molecule has 0 amide bonds. The Morgan fingerprint density at radius 1 is 1.67 bits per heavy atom. The van der Waals surface area contributed by atoms with Crippen molar-refractivity contribution < 1.29 is 5.11 Å². The molecule has 1 rings (SSSR count). The van der Waals surface area contributed by atoms with Crippen LogP contribution >= 0.6 is 0 Å². The van der Waals surface area contributed by atoms with E-state index in [0.29, 0.717) is 0 Å². The molecule has 0 aromatic heterocycles. The van der Waals surface area contributed by atoms with Crippen LogP contribution in [0.15, 0.2) is 24.0 Å². The molecule has 0 fully saturated rings. The minimum atomic E-state index is 0.220. The molecule has 1 atom stereocenters. The third-order valence-corrected chi connectivity index (χ3v) is 2.80. The van der Waals surface area contributed by atoms with Crippen molar-refractivity contribution >= 4 is 0 Å². The summed E-state index contributed by atoms with van der Waals surface area (Å²) in [5.41, 5.74) is 1.31. The summed E-state index contributed by atoms with van der Waals surface area (Å²) in [4.78, 5) is 0. The van der Waals surface area contributed by atoms with Gasteiger partial charge in [-0.05, 0) is 30.3 Å². The standard InChI is InChI=1S/C11H18O/c1-3-7-11(2)8-5-4-6-10(11)9-12/h4,6,9,12H,3,5,7-8H2,1-2H3/b10-9-. The zero-order valence-corrected chi connectivity index (χ0v) is 8.01. The SMILES string of the molecule is CCCC1(C)CCC=C/C1=C/O. The molecule has 0 bridgehead atoms. The molecule has 0 spiro atoms. The van der Waals surface area contributed by atoms with Crippen LogP contribution in [0.2, 0.25) is 0 Å². The zero-order valence-electron chi connectivity index (χ0n) is 8.01. The molecule has 0 radical (unpaired) electrons. The highest BCUT2D eigenvalue weighted by atomic mass is 16.2. The van der Waals surface area contributed by atoms with E-state index in [0.717, 1.165) is 12.0 Å². The molecule has 1 nitrogen and oxygen atoms in total. The van der Waals surface area contributed by atoms with Gasteiger partial charge in [-0.25, -0.2) is 0 Å². The summed E-state index contributed by atoms with van der Waals surface area (Å²) in [5.74, 6) is 0. The van der Waals surface area contributed by atoms with Crippen molar-refractivity contribution in [3.05, 3.63) is 24.0 Å². The molecular formula is C11H18O. The van der Waals surface area contributed by atoms with E-state index in [1.165, 1.54) is 25.5 Å². The van der Waals surface area contributed by atoms with Crippen molar-refractivity contribution in [2.24, 2.45) is 5.41 Å². The topological polar surface area (TPSA) is 20.2 Å². The normalized spacial score (nSPS) is 32.7. The Bertz CT molecular complexity index is 203. The molecule has 0 aliphatic heterocycles. The molecule has 0 saturated carbocycles. The predicted octanol–water partition coefficient (Wildman–Crippen LogP) is 3.58. The molecule has 1 aliphatic rings. The Balaban J connectivity index is 2.80. The highest BCUT2D eigenvalue weighted by Crippen LogP contribution is 2.40. The second kappa shape index (κ2) is 3.79. The lowest BCUT2D eigenvalue weighted by atomic mass is 9.72. The summed E-state index contributed by atoms with van der Waals surface area (Å²) in [6.45, 7) is 4.43. The average molecular weight is 166 g/mol. The number of aliphatic hydroxyl groups excluding tert-OH is 1. The quantitative estimate of drug-likeness (QED) is 0.621. The fourth-order valence-corrected chi connectivity index (χ4v) is 1.98. The van der Waals surface area contributed by atoms with Gasteiger partial charge in [-0.1, -0.05) is 32.4 Å². The van der Waals surface area contributed by atoms with Gasteiger partial charge in [-0.2, -0.15) is 0 Å². The van der Waals surface area contributed by atoms with Crippen molar-refractivity contribution in [3.63, 3.8) is 0 Å². The molecule has 0 heterocycles. The maximum absolute atomic E-state index is 9.04. The van der Waals surface area contributed by atoms with E-state index >= 15 is 0 Å². The molecule has 0 saturated heterocycles. The van der Waals surface area contributed by atoms with Crippen molar-refractivity contribution in [3.8, 4) is 0 Å². The van der Waals surface area contributed by atoms with Crippen LogP contribution in [-0.4, -0.2) is 5.11 Å². The molecule has 0 aromatic rings. The maximum atomic E-state index is 9.04. The summed E-state index contributed by atoms with van der Waals surface area (Å²) < 4.78 is 0. The monoisotopic (exact) mass is 166 g/mol. The van der Waals surface area contributed by atoms with E-state index < -0.39 is 0 Å². The largest absolute Gasteiger partial charge is 0.515 e. The summed E-state index contributed by atoms with van der Waals surface area (Å²) in [6, 6.07) is 0. The fourth-order valence-electron chi connectivity index (χ4n) is 1.98. The number of allylic oxidation sites excluding steroid dienone is 3. The zero-order chi connectivity index (χ0) is 9.03. The first-order chi connectivity index (χ1) is 5.73. The molecule has 12 heavy (non-hydrogen) atoms. The lowest BCUT2D eigenvalue weighted by Gasteiger charge is -2.32. The van der Waals surface area contributed by atoms with E-state index in [2.05, 4.69) is 26.0 Å². The first-order valence-electron chi connectivity index (χ1n) is 4.74. The van der Waals surface area contributed by atoms with Gasteiger partial charge in [0, 0.05) is 0 Å². The average Bonchev–Trinajstić information content (AvgIpc) is 2.05. The molecule has 1 N–H and O–H groups in total. The van der Waals surface area contributed by atoms with Crippen LogP contribution in [0, 0.1) is 5.41 Å². The van der Waals surface area contributed by atoms with Crippen molar-refractivity contribution in [2.75, 3.05) is 0 Å². The Hall–Kier alpha value is -0.720. The third-order valence-electron chi connectivity index (χ3n) is 2.80. The first-order valence-corrected chi connectivity index (χ1v) is 4.74. The third kappa shape index (κ3) is 1.71. The van der Waals surface area contributed by atoms with Crippen LogP contribution in [0.1, 0.15) is 39.5 Å². The number of hydrogen-bond donors (Lipinski definition) is 1. The van der Waals surface area contributed by atoms with E-state index in [9.17, 15) is 0 Å². The Morgan fingerprint density at radius 2 is 2.42 bits per heavy atom. The molecule has 0 aromatic carbocycles. The van der Waals surface area contributed by atoms with Gasteiger partial charge in [-0.15, -0.1) is 0 Å². The van der Waals surface area contributed by atoms with E-state index in [-0.39, 0.29) is 5.41 Å². The Labute approximate surface area is 74.8 Å². The summed E-state index contributed by atoms with van der Waals surface area (Å²) in [6.07, 6.45) is 10.1. The highest BCUT2D eigenvalue weighted by Gasteiger charge is 2.28. The second-order valence-electron chi connectivity index (χ2n) is 3.84. The summed E-state index contributed by atoms with van der Waals surface area (Å²) in [5, 5.41) is 9.04. The van der Waals surface area contributed by atoms with Gasteiger partial charge in [-0.3, -0.25) is 0 Å². The minimum Gasteiger partial charge on any atom is -0.515 e. The molecule has 68 valence electrons. The Kier molecular flexibility index (Phi) is 2.96. The predicted molar refractivity (Wildman–Crippen MR) is 52.1 cm³/mol. The van der Waals surface area contributed by atoms with Gasteiger partial charge < -0.3 is 5.11 Å². The first kappa shape index (κ1) is 9.37. The number of aliphatic hydroxyl groups is 1. The Morgan fingerprint density at radius 3 is 3.00 bits per heavy atom. The molecule has 1 heteroatoms. The van der Waals surface area contributed by atoms with Gasteiger partial charge in [0.15, 0.2) is 0 Å². The van der Waals surface area contributed by atoms with Crippen molar-refractivity contribution in [2.45, 2.75) is 39.5 Å². The lowest BCUT2D eigenvalue weighted by Crippen LogP contribution is -2.20. The van der Waals surface area contributed by atoms with Crippen LogP contribution in [0.25, 0.3) is 0 Å². The summed E-state index contributed by atoms with van der Waals surface area (Å²) >= 11 is 0. The van der Waals surface area contributed by atoms with Gasteiger partial charge in [0.05, 0.1) is 6.26 Å². The van der Waals surface area contributed by atoms with E-state index in [1.54, 1.807) is 0 Å². The smallest absolute Gasteiger partial charge is 0.0829 e. The van der Waals surface area contributed by atoms with Gasteiger partial charge in [0.25, 0.3) is 0 Å². The van der Waals surface area contributed by atoms with Gasteiger partial charge in [0.1, 0.15) is 0 Å². The van der Waals surface area contributed by atoms with Gasteiger partial charge in [0.2, 0.25) is 0 Å². The van der Waals surface area contributed by atoms with E-state index in [4.69, 9.17) is 5.11 Å². The van der Waals surface area contributed by atoms with Crippen LogP contribution in [0.5, 0.6) is 0 Å². The van der Waals surface area contributed by atoms with Gasteiger partial charge >= 0.3 is 0 Å². The molecule has 1 aliphatic carbocycles. The molecular weight excluding hydrogens is 148 g/mol. The van der Waals surface area contributed by atoms with Crippen molar-refractivity contribution in [1.82, 2.24) is 0 Å².